The summed E-state index contributed by atoms with van der Waals surface area (Å²) in [4.78, 5) is 13.8. The minimum Gasteiger partial charge on any atom is -0.336 e. The fourth-order valence-electron chi connectivity index (χ4n) is 3.96. The highest BCUT2D eigenvalue weighted by Gasteiger charge is 2.32. The number of carbonyl (C=O) groups is 1. The number of hydrogen-bond donors (Lipinski definition) is 0. The van der Waals surface area contributed by atoms with Crippen LogP contribution in [-0.2, 0) is 10.0 Å². The van der Waals surface area contributed by atoms with Crippen molar-refractivity contribution < 1.29 is 22.0 Å². The molecule has 2 aromatic carbocycles. The topological polar surface area (TPSA) is 62.6 Å². The van der Waals surface area contributed by atoms with Crippen molar-refractivity contribution in [3.8, 4) is 5.69 Å². The Hall–Kier alpha value is -3.04. The Bertz CT molecular complexity index is 1240. The quantitative estimate of drug-likeness (QED) is 0.600. The molecule has 1 aliphatic rings. The van der Waals surface area contributed by atoms with Crippen LogP contribution in [0.25, 0.3) is 5.69 Å². The second-order valence-electron chi connectivity index (χ2n) is 7.77. The number of nitrogens with zero attached hydrogens (tertiary/aromatic N) is 3. The summed E-state index contributed by atoms with van der Waals surface area (Å²) in [5, 5.41) is 0. The van der Waals surface area contributed by atoms with E-state index in [0.717, 1.165) is 33.5 Å². The Morgan fingerprint density at radius 1 is 0.844 bits per heavy atom. The maximum Gasteiger partial charge on any atom is 0.253 e. The van der Waals surface area contributed by atoms with Gasteiger partial charge in [-0.2, -0.15) is 4.31 Å². The molecule has 1 fully saturated rings. The highest BCUT2D eigenvalue weighted by atomic mass is 32.2. The van der Waals surface area contributed by atoms with Crippen LogP contribution in [0, 0.1) is 25.5 Å². The number of piperazine rings is 1. The number of benzene rings is 2. The van der Waals surface area contributed by atoms with Crippen LogP contribution in [0.1, 0.15) is 21.7 Å². The van der Waals surface area contributed by atoms with Gasteiger partial charge >= 0.3 is 0 Å². The maximum atomic E-state index is 14.0. The molecule has 0 radical (unpaired) electrons. The molecule has 9 heteroatoms. The van der Waals surface area contributed by atoms with Gasteiger partial charge in [0.15, 0.2) is 0 Å². The van der Waals surface area contributed by atoms with Crippen molar-refractivity contribution in [3.05, 3.63) is 83.2 Å². The lowest BCUT2D eigenvalue weighted by Crippen LogP contribution is -2.50. The Kier molecular flexibility index (Phi) is 5.87. The van der Waals surface area contributed by atoms with Crippen LogP contribution in [0.15, 0.2) is 59.5 Å². The first-order valence-corrected chi connectivity index (χ1v) is 11.6. The van der Waals surface area contributed by atoms with E-state index in [4.69, 9.17) is 0 Å². The second-order valence-corrected chi connectivity index (χ2v) is 9.68. The summed E-state index contributed by atoms with van der Waals surface area (Å²) >= 11 is 0. The molecule has 0 bridgehead atoms. The fraction of sp³-hybridized carbons (Fsp3) is 0.261. The molecule has 1 saturated heterocycles. The van der Waals surface area contributed by atoms with E-state index >= 15 is 0 Å². The van der Waals surface area contributed by atoms with Crippen molar-refractivity contribution in [2.75, 3.05) is 26.2 Å². The summed E-state index contributed by atoms with van der Waals surface area (Å²) in [6.07, 6.45) is 0. The normalized spacial score (nSPS) is 15.2. The van der Waals surface area contributed by atoms with Crippen LogP contribution in [0.3, 0.4) is 0 Å². The number of aromatic nitrogens is 1. The smallest absolute Gasteiger partial charge is 0.253 e. The molecule has 0 saturated carbocycles. The van der Waals surface area contributed by atoms with Gasteiger partial charge in [-0.25, -0.2) is 17.2 Å². The maximum absolute atomic E-state index is 14.0. The van der Waals surface area contributed by atoms with E-state index in [2.05, 4.69) is 4.57 Å². The van der Waals surface area contributed by atoms with E-state index in [1.54, 1.807) is 17.0 Å². The first-order valence-electron chi connectivity index (χ1n) is 10.2. The highest BCUT2D eigenvalue weighted by molar-refractivity contribution is 7.89. The third kappa shape index (κ3) is 4.05. The number of aryl methyl sites for hydroxylation is 2. The first kappa shape index (κ1) is 22.2. The van der Waals surface area contributed by atoms with Gasteiger partial charge < -0.3 is 9.47 Å². The number of rotatable bonds is 4. The minimum absolute atomic E-state index is 0.00384. The summed E-state index contributed by atoms with van der Waals surface area (Å²) in [7, 11) is -4.19. The van der Waals surface area contributed by atoms with Crippen molar-refractivity contribution in [1.82, 2.24) is 13.8 Å². The van der Waals surface area contributed by atoms with E-state index in [0.29, 0.717) is 11.6 Å². The summed E-state index contributed by atoms with van der Waals surface area (Å²) in [6, 6.07) is 13.6. The first-order chi connectivity index (χ1) is 15.2. The lowest BCUT2D eigenvalue weighted by molar-refractivity contribution is 0.0697. The molecule has 1 aliphatic heterocycles. The van der Waals surface area contributed by atoms with E-state index < -0.39 is 26.6 Å². The molecule has 6 nitrogen and oxygen atoms in total. The molecule has 0 atom stereocenters. The van der Waals surface area contributed by atoms with E-state index in [1.165, 1.54) is 0 Å². The highest BCUT2D eigenvalue weighted by Crippen LogP contribution is 2.23. The molecule has 2 heterocycles. The monoisotopic (exact) mass is 459 g/mol. The molecule has 32 heavy (non-hydrogen) atoms. The van der Waals surface area contributed by atoms with Crippen molar-refractivity contribution in [3.63, 3.8) is 0 Å². The van der Waals surface area contributed by atoms with Crippen LogP contribution in [0.2, 0.25) is 0 Å². The number of amides is 1. The lowest BCUT2D eigenvalue weighted by atomic mass is 10.1. The predicted octanol–water partition coefficient (Wildman–Crippen LogP) is 3.52. The summed E-state index contributed by atoms with van der Waals surface area (Å²) < 4.78 is 56.1. The molecule has 0 unspecified atom stereocenters. The number of sulfonamides is 1. The Morgan fingerprint density at radius 3 is 2.03 bits per heavy atom. The SMILES string of the molecule is Cc1ccc(C)n1-c1ccc(C(=O)N2CCN(S(=O)(=O)c3cc(F)ccc3F)CC2)cc1. The van der Waals surface area contributed by atoms with E-state index in [9.17, 15) is 22.0 Å². The van der Waals surface area contributed by atoms with Gasteiger partial charge in [0, 0.05) is 48.8 Å². The van der Waals surface area contributed by atoms with Gasteiger partial charge in [0.2, 0.25) is 10.0 Å². The minimum atomic E-state index is -4.19. The standard InChI is InChI=1S/C23H23F2N3O3S/c1-16-3-4-17(2)28(16)20-8-5-18(6-9-20)23(29)26-11-13-27(14-12-26)32(30,31)22-15-19(24)7-10-21(22)25/h3-10,15H,11-14H2,1-2H3. The van der Waals surface area contributed by atoms with Gasteiger partial charge in [0.25, 0.3) is 5.91 Å². The van der Waals surface area contributed by atoms with E-state index in [1.807, 2.05) is 38.1 Å². The van der Waals surface area contributed by atoms with Crippen LogP contribution in [0.4, 0.5) is 8.78 Å². The third-order valence-corrected chi connectivity index (χ3v) is 7.59. The van der Waals surface area contributed by atoms with Gasteiger partial charge in [0.1, 0.15) is 16.5 Å². The molecule has 168 valence electrons. The molecular formula is C23H23F2N3O3S. The van der Waals surface area contributed by atoms with Crippen molar-refractivity contribution in [1.29, 1.82) is 0 Å². The molecule has 1 aromatic heterocycles. The van der Waals surface area contributed by atoms with Crippen LogP contribution in [-0.4, -0.2) is 54.3 Å². The van der Waals surface area contributed by atoms with Crippen molar-refractivity contribution in [2.24, 2.45) is 0 Å². The van der Waals surface area contributed by atoms with Crippen molar-refractivity contribution >= 4 is 15.9 Å². The van der Waals surface area contributed by atoms with Gasteiger partial charge in [-0.3, -0.25) is 4.79 Å². The molecule has 0 N–H and O–H groups in total. The zero-order valence-electron chi connectivity index (χ0n) is 17.8. The Balaban J connectivity index is 1.45. The summed E-state index contributed by atoms with van der Waals surface area (Å²) in [6.45, 7) is 4.34. The van der Waals surface area contributed by atoms with Crippen LogP contribution in [0.5, 0.6) is 0 Å². The largest absolute Gasteiger partial charge is 0.336 e. The van der Waals surface area contributed by atoms with Gasteiger partial charge in [0.05, 0.1) is 0 Å². The van der Waals surface area contributed by atoms with E-state index in [-0.39, 0.29) is 32.1 Å². The lowest BCUT2D eigenvalue weighted by Gasteiger charge is -2.34. The Labute approximate surface area is 185 Å². The van der Waals surface area contributed by atoms with Crippen LogP contribution >= 0.6 is 0 Å². The Morgan fingerprint density at radius 2 is 1.44 bits per heavy atom. The number of hydrogen-bond acceptors (Lipinski definition) is 3. The number of carbonyl (C=O) groups excluding carboxylic acids is 1. The van der Waals surface area contributed by atoms with Gasteiger partial charge in [-0.05, 0) is 68.4 Å². The molecule has 3 aromatic rings. The average molecular weight is 460 g/mol. The summed E-state index contributed by atoms with van der Waals surface area (Å²) in [5.74, 6) is -2.03. The predicted molar refractivity (Wildman–Crippen MR) is 116 cm³/mol. The second kappa shape index (κ2) is 8.48. The summed E-state index contributed by atoms with van der Waals surface area (Å²) in [5.41, 5.74) is 3.64. The molecular weight excluding hydrogens is 436 g/mol. The van der Waals surface area contributed by atoms with Crippen molar-refractivity contribution in [2.45, 2.75) is 18.7 Å². The average Bonchev–Trinajstić information content (AvgIpc) is 3.13. The van der Waals surface area contributed by atoms with Crippen LogP contribution < -0.4 is 0 Å². The third-order valence-electron chi connectivity index (χ3n) is 5.68. The zero-order chi connectivity index (χ0) is 23.0. The molecule has 4 rings (SSSR count). The molecule has 0 spiro atoms. The molecule has 1 amide bonds. The fourth-order valence-corrected chi connectivity index (χ4v) is 5.46. The van der Waals surface area contributed by atoms with Gasteiger partial charge in [-0.1, -0.05) is 0 Å². The van der Waals surface area contributed by atoms with Gasteiger partial charge in [-0.15, -0.1) is 0 Å². The zero-order valence-corrected chi connectivity index (χ0v) is 18.6. The molecule has 0 aliphatic carbocycles. The number of halogens is 2.